The number of rotatable bonds is 2. The monoisotopic (exact) mass is 426 g/mol. The molecule has 0 radical (unpaired) electrons. The van der Waals surface area contributed by atoms with Gasteiger partial charge in [0, 0.05) is 16.2 Å². The van der Waals surface area contributed by atoms with Crippen LogP contribution < -0.4 is 16.4 Å². The smallest absolute Gasteiger partial charge is 0.262 e. The molecule has 23 heavy (non-hydrogen) atoms. The first-order valence-electron chi connectivity index (χ1n) is 6.69. The Bertz CT molecular complexity index is 1040. The normalized spacial score (nSPS) is 11.0. The fraction of sp³-hybridized carbons (Fsp3) is 0.133. The van der Waals surface area contributed by atoms with Crippen LogP contribution in [0.25, 0.3) is 10.9 Å². The lowest BCUT2D eigenvalue weighted by Crippen LogP contribution is -2.25. The van der Waals surface area contributed by atoms with Crippen molar-refractivity contribution in [2.45, 2.75) is 6.92 Å². The second-order valence-electron chi connectivity index (χ2n) is 5.04. The van der Waals surface area contributed by atoms with Crippen LogP contribution in [-0.4, -0.2) is 14.5 Å². The van der Waals surface area contributed by atoms with Crippen LogP contribution in [0.4, 0.5) is 15.9 Å². The number of hydrogen-bond acceptors (Lipinski definition) is 4. The number of nitrogens with one attached hydrogen (secondary N) is 2. The van der Waals surface area contributed by atoms with Crippen LogP contribution in [-0.2, 0) is 7.05 Å². The summed E-state index contributed by atoms with van der Waals surface area (Å²) in [5.41, 5.74) is 0.132. The van der Waals surface area contributed by atoms with Crippen molar-refractivity contribution in [3.8, 4) is 0 Å². The Kier molecular flexibility index (Phi) is 3.92. The Balaban J connectivity index is 2.33. The molecular weight excluding hydrogens is 414 g/mol. The molecule has 0 atom stereocenters. The van der Waals surface area contributed by atoms with Gasteiger partial charge in [0.05, 0.1) is 17.5 Å². The lowest BCUT2D eigenvalue weighted by atomic mass is 10.2. The third-order valence-corrected chi connectivity index (χ3v) is 4.26. The molecule has 0 amide bonds. The Morgan fingerprint density at radius 2 is 2.09 bits per heavy atom. The molecule has 2 heterocycles. The minimum atomic E-state index is -0.474. The van der Waals surface area contributed by atoms with Crippen molar-refractivity contribution in [3.05, 3.63) is 60.2 Å². The van der Waals surface area contributed by atoms with Crippen molar-refractivity contribution in [3.63, 3.8) is 0 Å². The van der Waals surface area contributed by atoms with E-state index in [1.54, 1.807) is 19.1 Å². The van der Waals surface area contributed by atoms with Crippen LogP contribution in [0.2, 0.25) is 0 Å². The molecule has 3 aromatic rings. The molecule has 6 nitrogen and oxygen atoms in total. The summed E-state index contributed by atoms with van der Waals surface area (Å²) < 4.78 is 16.1. The number of anilines is 2. The maximum absolute atomic E-state index is 14.1. The highest BCUT2D eigenvalue weighted by Crippen LogP contribution is 2.25. The van der Waals surface area contributed by atoms with E-state index >= 15 is 0 Å². The molecule has 0 spiro atoms. The van der Waals surface area contributed by atoms with Gasteiger partial charge in [0.15, 0.2) is 0 Å². The van der Waals surface area contributed by atoms with E-state index in [-0.39, 0.29) is 22.5 Å². The number of benzene rings is 1. The summed E-state index contributed by atoms with van der Waals surface area (Å²) in [4.78, 5) is 31.1. The van der Waals surface area contributed by atoms with Crippen molar-refractivity contribution >= 4 is 45.0 Å². The molecule has 2 N–H and O–H groups in total. The van der Waals surface area contributed by atoms with Crippen molar-refractivity contribution in [1.29, 1.82) is 0 Å². The van der Waals surface area contributed by atoms with E-state index in [0.29, 0.717) is 11.1 Å². The first-order chi connectivity index (χ1) is 10.9. The zero-order valence-electron chi connectivity index (χ0n) is 12.3. The predicted octanol–water partition coefficient (Wildman–Crippen LogP) is 2.42. The first-order valence-corrected chi connectivity index (χ1v) is 7.77. The van der Waals surface area contributed by atoms with Crippen LogP contribution in [0.1, 0.15) is 5.56 Å². The highest BCUT2D eigenvalue weighted by Gasteiger charge is 2.16. The number of H-pyrrole nitrogens is 1. The molecule has 2 aromatic heterocycles. The van der Waals surface area contributed by atoms with Gasteiger partial charge in [-0.3, -0.25) is 14.2 Å². The molecule has 0 aliphatic heterocycles. The summed E-state index contributed by atoms with van der Waals surface area (Å²) in [5, 5.41) is 3.06. The molecule has 0 unspecified atom stereocenters. The van der Waals surface area contributed by atoms with Crippen molar-refractivity contribution < 1.29 is 4.39 Å². The molecular formula is C15H12FIN4O2. The zero-order chi connectivity index (χ0) is 16.7. The van der Waals surface area contributed by atoms with Gasteiger partial charge in [0.25, 0.3) is 11.1 Å². The van der Waals surface area contributed by atoms with Gasteiger partial charge >= 0.3 is 0 Å². The minimum Gasteiger partial charge on any atom is -0.338 e. The van der Waals surface area contributed by atoms with Crippen LogP contribution in [0.15, 0.2) is 34.1 Å². The van der Waals surface area contributed by atoms with Gasteiger partial charge in [0.2, 0.25) is 0 Å². The quantitative estimate of drug-likeness (QED) is 0.618. The van der Waals surface area contributed by atoms with Crippen LogP contribution in [0.3, 0.4) is 0 Å². The van der Waals surface area contributed by atoms with E-state index in [4.69, 9.17) is 0 Å². The molecule has 8 heteroatoms. The van der Waals surface area contributed by atoms with Crippen molar-refractivity contribution in [2.24, 2.45) is 7.05 Å². The number of hydrogen-bond donors (Lipinski definition) is 2. The molecule has 0 fully saturated rings. The van der Waals surface area contributed by atoms with E-state index in [2.05, 4.69) is 15.3 Å². The van der Waals surface area contributed by atoms with Gasteiger partial charge in [-0.25, -0.2) is 9.37 Å². The van der Waals surface area contributed by atoms with Crippen LogP contribution in [0, 0.1) is 16.3 Å². The van der Waals surface area contributed by atoms with Gasteiger partial charge in [0.1, 0.15) is 17.0 Å². The van der Waals surface area contributed by atoms with E-state index in [0.717, 1.165) is 3.57 Å². The molecule has 0 aliphatic carbocycles. The lowest BCUT2D eigenvalue weighted by molar-refractivity contribution is 0.630. The summed E-state index contributed by atoms with van der Waals surface area (Å²) in [6.45, 7) is 1.60. The number of halogens is 2. The number of pyridine rings is 1. The maximum atomic E-state index is 14.1. The van der Waals surface area contributed by atoms with Crippen LogP contribution in [0.5, 0.6) is 0 Å². The predicted molar refractivity (Wildman–Crippen MR) is 94.7 cm³/mol. The molecule has 0 aliphatic rings. The molecule has 118 valence electrons. The summed E-state index contributed by atoms with van der Waals surface area (Å²) in [6, 6.07) is 4.64. The number of aryl methyl sites for hydroxylation is 1. The van der Waals surface area contributed by atoms with E-state index in [9.17, 15) is 14.0 Å². The van der Waals surface area contributed by atoms with Crippen molar-refractivity contribution in [2.75, 3.05) is 5.32 Å². The van der Waals surface area contributed by atoms with Gasteiger partial charge in [-0.2, -0.15) is 0 Å². The zero-order valence-corrected chi connectivity index (χ0v) is 14.4. The van der Waals surface area contributed by atoms with E-state index < -0.39 is 11.4 Å². The fourth-order valence-electron chi connectivity index (χ4n) is 2.39. The third kappa shape index (κ3) is 2.62. The Labute approximate surface area is 143 Å². The average molecular weight is 426 g/mol. The second kappa shape index (κ2) is 5.76. The first kappa shape index (κ1) is 15.7. The number of nitrogens with zero attached hydrogens (tertiary/aromatic N) is 2. The average Bonchev–Trinajstić information content (AvgIpc) is 2.51. The van der Waals surface area contributed by atoms with Gasteiger partial charge in [-0.15, -0.1) is 0 Å². The summed E-state index contributed by atoms with van der Waals surface area (Å²) in [5.74, 6) is -0.275. The van der Waals surface area contributed by atoms with Gasteiger partial charge in [-0.1, -0.05) is 0 Å². The topological polar surface area (TPSA) is 79.8 Å². The third-order valence-electron chi connectivity index (χ3n) is 3.59. The minimum absolute atomic E-state index is 0.175. The SMILES string of the molecule is Cc1c(=O)n(C)c(Nc2ccc(I)cc2F)c2c(=O)[nH]cnc12. The largest absolute Gasteiger partial charge is 0.338 e. The highest BCUT2D eigenvalue weighted by atomic mass is 127. The summed E-state index contributed by atoms with van der Waals surface area (Å²) in [7, 11) is 1.52. The maximum Gasteiger partial charge on any atom is 0.262 e. The standard InChI is InChI=1S/C15H12FIN4O2/c1-7-12-11(14(22)19-6-18-12)13(21(2)15(7)23)20-10-4-3-8(17)5-9(10)16/h3-6,20H,1-2H3,(H,18,19,22). The molecule has 0 saturated carbocycles. The van der Waals surface area contributed by atoms with Gasteiger partial charge < -0.3 is 10.3 Å². The summed E-state index contributed by atoms with van der Waals surface area (Å²) >= 11 is 2.00. The van der Waals surface area contributed by atoms with E-state index in [1.807, 2.05) is 22.6 Å². The fourth-order valence-corrected chi connectivity index (χ4v) is 2.84. The number of fused-ring (bicyclic) bond motifs is 1. The molecule has 0 saturated heterocycles. The highest BCUT2D eigenvalue weighted by molar-refractivity contribution is 14.1. The second-order valence-corrected chi connectivity index (χ2v) is 6.29. The Hall–Kier alpha value is -2.23. The molecule has 0 bridgehead atoms. The van der Waals surface area contributed by atoms with E-state index in [1.165, 1.54) is 24.0 Å². The Morgan fingerprint density at radius 3 is 2.78 bits per heavy atom. The number of aromatic amines is 1. The Morgan fingerprint density at radius 1 is 1.35 bits per heavy atom. The molecule has 1 aromatic carbocycles. The van der Waals surface area contributed by atoms with Gasteiger partial charge in [-0.05, 0) is 47.7 Å². The summed E-state index contributed by atoms with van der Waals surface area (Å²) in [6.07, 6.45) is 1.24. The number of aromatic nitrogens is 3. The lowest BCUT2D eigenvalue weighted by Gasteiger charge is -2.15. The van der Waals surface area contributed by atoms with Crippen molar-refractivity contribution in [1.82, 2.24) is 14.5 Å². The molecule has 3 rings (SSSR count). The van der Waals surface area contributed by atoms with Crippen LogP contribution >= 0.6 is 22.6 Å².